The Bertz CT molecular complexity index is 1290. The van der Waals surface area contributed by atoms with Crippen LogP contribution in [0, 0.1) is 18.6 Å². The van der Waals surface area contributed by atoms with Gasteiger partial charge in [0.25, 0.3) is 0 Å². The predicted octanol–water partition coefficient (Wildman–Crippen LogP) is 2.72. The molecule has 142 valence electrons. The van der Waals surface area contributed by atoms with Crippen LogP contribution >= 0.6 is 0 Å². The number of thiol groups is 1. The molecule has 4 rings (SSSR count). The molecule has 0 fully saturated rings. The molecule has 3 heterocycles. The maximum absolute atomic E-state index is 14.3. The van der Waals surface area contributed by atoms with Gasteiger partial charge in [-0.05, 0) is 31.2 Å². The second-order valence-corrected chi connectivity index (χ2v) is 6.95. The number of fused-ring (bicyclic) bond motifs is 1. The summed E-state index contributed by atoms with van der Waals surface area (Å²) >= 11 is 0. The molecule has 0 amide bonds. The molecule has 4 aromatic rings. The normalized spacial score (nSPS) is 11.4. The quantitative estimate of drug-likeness (QED) is 0.512. The van der Waals surface area contributed by atoms with E-state index in [1.54, 1.807) is 6.92 Å². The lowest BCUT2D eigenvalue weighted by Crippen LogP contribution is -1.96. The van der Waals surface area contributed by atoms with E-state index in [1.807, 2.05) is 0 Å². The molecule has 0 saturated carbocycles. The van der Waals surface area contributed by atoms with Crippen LogP contribution in [0.3, 0.4) is 0 Å². The SMILES string of the molecule is Cc1nn2c(O)cc(-c3ccc([SH](=O)=O)nc3)nc2c1-c1ccc(F)cc1F. The van der Waals surface area contributed by atoms with Crippen molar-refractivity contribution < 1.29 is 22.3 Å². The standard InChI is InChI=1S/C18H12F2N4O3S/c1-9-17(12-4-3-11(19)6-13(12)20)18-22-14(7-16(25)24(18)23-9)10-2-5-15(21-8-10)28(26)27/h2-8,25,28H,1H3. The minimum absolute atomic E-state index is 0.0924. The number of rotatable bonds is 3. The van der Waals surface area contributed by atoms with Crippen molar-refractivity contribution >= 4 is 16.4 Å². The first-order valence-electron chi connectivity index (χ1n) is 8.00. The molecule has 0 aliphatic rings. The molecule has 0 atom stereocenters. The van der Waals surface area contributed by atoms with E-state index in [9.17, 15) is 22.3 Å². The maximum Gasteiger partial charge on any atom is 0.216 e. The van der Waals surface area contributed by atoms with E-state index in [-0.39, 0.29) is 27.8 Å². The third kappa shape index (κ3) is 2.97. The number of nitrogens with zero attached hydrogens (tertiary/aromatic N) is 4. The number of halogens is 2. The lowest BCUT2D eigenvalue weighted by molar-refractivity contribution is 0.435. The Morgan fingerprint density at radius 2 is 1.89 bits per heavy atom. The first kappa shape index (κ1) is 18.0. The van der Waals surface area contributed by atoms with E-state index in [0.29, 0.717) is 16.8 Å². The van der Waals surface area contributed by atoms with E-state index in [1.165, 1.54) is 30.5 Å². The Morgan fingerprint density at radius 3 is 2.54 bits per heavy atom. The molecule has 0 spiro atoms. The fraction of sp³-hybridized carbons (Fsp3) is 0.0556. The van der Waals surface area contributed by atoms with Gasteiger partial charge in [0.05, 0.1) is 17.0 Å². The topological polar surface area (TPSA) is 97.5 Å². The zero-order chi connectivity index (χ0) is 20.0. The summed E-state index contributed by atoms with van der Waals surface area (Å²) in [6.07, 6.45) is 1.31. The van der Waals surface area contributed by atoms with Gasteiger partial charge in [-0.2, -0.15) is 9.61 Å². The molecule has 0 unspecified atom stereocenters. The van der Waals surface area contributed by atoms with Gasteiger partial charge in [-0.1, -0.05) is 0 Å². The van der Waals surface area contributed by atoms with Crippen LogP contribution in [0.4, 0.5) is 8.78 Å². The van der Waals surface area contributed by atoms with Crippen molar-refractivity contribution in [1.29, 1.82) is 0 Å². The maximum atomic E-state index is 14.3. The van der Waals surface area contributed by atoms with Gasteiger partial charge in [-0.25, -0.2) is 27.2 Å². The van der Waals surface area contributed by atoms with Gasteiger partial charge < -0.3 is 5.11 Å². The second kappa shape index (κ2) is 6.64. The van der Waals surface area contributed by atoms with Crippen LogP contribution in [-0.2, 0) is 10.7 Å². The number of aromatic nitrogens is 4. The van der Waals surface area contributed by atoms with Crippen LogP contribution in [0.5, 0.6) is 5.88 Å². The van der Waals surface area contributed by atoms with Crippen LogP contribution < -0.4 is 0 Å². The molecule has 0 bridgehead atoms. The second-order valence-electron chi connectivity index (χ2n) is 5.98. The van der Waals surface area contributed by atoms with Gasteiger partial charge in [-0.3, -0.25) is 0 Å². The van der Waals surface area contributed by atoms with Crippen molar-refractivity contribution in [3.63, 3.8) is 0 Å². The first-order chi connectivity index (χ1) is 13.3. The highest BCUT2D eigenvalue weighted by Crippen LogP contribution is 2.33. The lowest BCUT2D eigenvalue weighted by Gasteiger charge is -2.06. The van der Waals surface area contributed by atoms with Crippen LogP contribution in [-0.4, -0.2) is 33.1 Å². The van der Waals surface area contributed by atoms with E-state index >= 15 is 0 Å². The average molecular weight is 402 g/mol. The highest BCUT2D eigenvalue weighted by Gasteiger charge is 2.20. The summed E-state index contributed by atoms with van der Waals surface area (Å²) in [5, 5.41) is 14.4. The summed E-state index contributed by atoms with van der Waals surface area (Å²) in [6, 6.07) is 7.30. The molecule has 1 N–H and O–H groups in total. The van der Waals surface area contributed by atoms with E-state index in [2.05, 4.69) is 15.1 Å². The van der Waals surface area contributed by atoms with E-state index in [4.69, 9.17) is 0 Å². The third-order valence-electron chi connectivity index (χ3n) is 4.18. The van der Waals surface area contributed by atoms with Crippen LogP contribution in [0.2, 0.25) is 0 Å². The molecule has 0 saturated heterocycles. The summed E-state index contributed by atoms with van der Waals surface area (Å²) in [5.74, 6) is -1.75. The third-order valence-corrected chi connectivity index (χ3v) is 4.82. The summed E-state index contributed by atoms with van der Waals surface area (Å²) < 4.78 is 50.7. The first-order valence-corrected chi connectivity index (χ1v) is 9.18. The van der Waals surface area contributed by atoms with Gasteiger partial charge >= 0.3 is 0 Å². The minimum Gasteiger partial charge on any atom is -0.493 e. The number of aromatic hydroxyl groups is 1. The van der Waals surface area contributed by atoms with E-state index in [0.717, 1.165) is 16.6 Å². The zero-order valence-electron chi connectivity index (χ0n) is 14.3. The highest BCUT2D eigenvalue weighted by atomic mass is 32.2. The summed E-state index contributed by atoms with van der Waals surface area (Å²) in [5.41, 5.74) is 1.69. The molecule has 0 radical (unpaired) electrons. The van der Waals surface area contributed by atoms with Gasteiger partial charge in [0.1, 0.15) is 11.6 Å². The fourth-order valence-corrected chi connectivity index (χ4v) is 3.26. The summed E-state index contributed by atoms with van der Waals surface area (Å²) in [4.78, 5) is 8.26. The highest BCUT2D eigenvalue weighted by molar-refractivity contribution is 7.72. The Labute approximate surface area is 158 Å². The molecule has 28 heavy (non-hydrogen) atoms. The number of benzene rings is 1. The summed E-state index contributed by atoms with van der Waals surface area (Å²) in [6.45, 7) is 1.62. The molecule has 7 nitrogen and oxygen atoms in total. The number of aryl methyl sites for hydroxylation is 1. The van der Waals surface area contributed by atoms with Crippen molar-refractivity contribution in [3.8, 4) is 28.3 Å². The molecular formula is C18H12F2N4O3S. The Morgan fingerprint density at radius 1 is 1.11 bits per heavy atom. The largest absolute Gasteiger partial charge is 0.493 e. The Hall–Kier alpha value is -3.40. The fourth-order valence-electron chi connectivity index (χ4n) is 2.91. The van der Waals surface area contributed by atoms with Crippen LogP contribution in [0.1, 0.15) is 5.69 Å². The minimum atomic E-state index is -2.82. The Balaban J connectivity index is 1.94. The Kier molecular flexibility index (Phi) is 4.27. The lowest BCUT2D eigenvalue weighted by atomic mass is 10.1. The van der Waals surface area contributed by atoms with Crippen molar-refractivity contribution in [2.45, 2.75) is 11.9 Å². The molecule has 10 heteroatoms. The molecule has 0 aliphatic carbocycles. The van der Waals surface area contributed by atoms with Crippen molar-refractivity contribution in [2.75, 3.05) is 0 Å². The van der Waals surface area contributed by atoms with Crippen molar-refractivity contribution in [2.24, 2.45) is 0 Å². The van der Waals surface area contributed by atoms with Crippen molar-refractivity contribution in [1.82, 2.24) is 19.6 Å². The van der Waals surface area contributed by atoms with E-state index < -0.39 is 22.3 Å². The van der Waals surface area contributed by atoms with Gasteiger partial charge in [0, 0.05) is 29.5 Å². The monoisotopic (exact) mass is 402 g/mol. The smallest absolute Gasteiger partial charge is 0.216 e. The molecule has 1 aromatic carbocycles. The predicted molar refractivity (Wildman–Crippen MR) is 96.6 cm³/mol. The average Bonchev–Trinajstić information content (AvgIpc) is 2.98. The van der Waals surface area contributed by atoms with Crippen LogP contribution in [0.25, 0.3) is 28.0 Å². The number of hydrogen-bond acceptors (Lipinski definition) is 6. The molecular weight excluding hydrogens is 390 g/mol. The van der Waals surface area contributed by atoms with Gasteiger partial charge in [-0.15, -0.1) is 0 Å². The molecule has 3 aromatic heterocycles. The molecule has 0 aliphatic heterocycles. The van der Waals surface area contributed by atoms with Gasteiger partial charge in [0.15, 0.2) is 21.4 Å². The van der Waals surface area contributed by atoms with Gasteiger partial charge in [0.2, 0.25) is 5.88 Å². The van der Waals surface area contributed by atoms with Crippen molar-refractivity contribution in [3.05, 3.63) is 59.9 Å². The van der Waals surface area contributed by atoms with Crippen LogP contribution in [0.15, 0.2) is 47.6 Å². The summed E-state index contributed by atoms with van der Waals surface area (Å²) in [7, 11) is -2.82. The number of hydrogen-bond donors (Lipinski definition) is 2. The zero-order valence-corrected chi connectivity index (χ0v) is 15.2. The number of pyridine rings is 1.